The van der Waals surface area contributed by atoms with Crippen molar-refractivity contribution < 1.29 is 9.53 Å². The summed E-state index contributed by atoms with van der Waals surface area (Å²) in [4.78, 5) is 13.7. The van der Waals surface area contributed by atoms with Crippen molar-refractivity contribution in [2.75, 3.05) is 6.54 Å². The van der Waals surface area contributed by atoms with Gasteiger partial charge in [0.2, 0.25) is 0 Å². The molecule has 15 heavy (non-hydrogen) atoms. The Bertz CT molecular complexity index is 382. The van der Waals surface area contributed by atoms with Crippen LogP contribution in [-0.4, -0.2) is 12.5 Å². The van der Waals surface area contributed by atoms with Crippen molar-refractivity contribution in [3.63, 3.8) is 0 Å². The average Bonchev–Trinajstić information content (AvgIpc) is 2.22. The van der Waals surface area contributed by atoms with Crippen molar-refractivity contribution >= 4 is 11.7 Å². The van der Waals surface area contributed by atoms with Gasteiger partial charge in [-0.2, -0.15) is 0 Å². The quantitative estimate of drug-likeness (QED) is 0.267. The Kier molecular flexibility index (Phi) is 4.15. The highest BCUT2D eigenvalue weighted by atomic mass is 16.5. The van der Waals surface area contributed by atoms with Crippen LogP contribution in [0, 0.1) is 0 Å². The second-order valence-electron chi connectivity index (χ2n) is 2.70. The summed E-state index contributed by atoms with van der Waals surface area (Å²) in [6, 6.07) is 6.23. The molecule has 0 unspecified atom stereocenters. The number of azide groups is 1. The lowest BCUT2D eigenvalue weighted by molar-refractivity contribution is -0.134. The number of carbonyl (C=O) groups excluding carboxylic acids is 1. The minimum absolute atomic E-state index is 0.179. The largest absolute Gasteiger partial charge is 0.426 e. The molecule has 6 heteroatoms. The summed E-state index contributed by atoms with van der Waals surface area (Å²) >= 11 is 0. The lowest BCUT2D eigenvalue weighted by atomic mass is 10.3. The van der Waals surface area contributed by atoms with Crippen LogP contribution in [0.1, 0.15) is 6.42 Å². The fourth-order valence-corrected chi connectivity index (χ4v) is 0.933. The molecule has 0 saturated carbocycles. The predicted molar refractivity (Wildman–Crippen MR) is 54.6 cm³/mol. The van der Waals surface area contributed by atoms with Crippen LogP contribution in [-0.2, 0) is 4.79 Å². The van der Waals surface area contributed by atoms with E-state index in [1.54, 1.807) is 24.3 Å². The van der Waals surface area contributed by atoms with Gasteiger partial charge in [-0.1, -0.05) is 5.11 Å². The summed E-state index contributed by atoms with van der Waals surface area (Å²) in [6.07, 6.45) is 0.179. The van der Waals surface area contributed by atoms with E-state index >= 15 is 0 Å². The summed E-state index contributed by atoms with van der Waals surface area (Å²) in [5.74, 6) is 0.0272. The van der Waals surface area contributed by atoms with E-state index in [0.717, 1.165) is 0 Å². The third-order valence-corrected chi connectivity index (χ3v) is 1.58. The van der Waals surface area contributed by atoms with Crippen molar-refractivity contribution in [2.24, 2.45) is 10.8 Å². The molecule has 0 aliphatic rings. The zero-order valence-electron chi connectivity index (χ0n) is 7.96. The highest BCUT2D eigenvalue weighted by Gasteiger charge is 2.02. The normalized spacial score (nSPS) is 9.13. The second-order valence-corrected chi connectivity index (χ2v) is 2.70. The van der Waals surface area contributed by atoms with Gasteiger partial charge >= 0.3 is 5.97 Å². The van der Waals surface area contributed by atoms with E-state index in [-0.39, 0.29) is 18.9 Å². The lowest BCUT2D eigenvalue weighted by Crippen LogP contribution is -2.13. The van der Waals surface area contributed by atoms with Crippen LogP contribution in [0.4, 0.5) is 5.69 Å². The van der Waals surface area contributed by atoms with E-state index in [9.17, 15) is 4.79 Å². The average molecular weight is 206 g/mol. The SMILES string of the molecule is [N-]=[N+]=Nc1ccc(OC(=O)CCN)cc1. The van der Waals surface area contributed by atoms with Crippen molar-refractivity contribution in [1.82, 2.24) is 0 Å². The molecular weight excluding hydrogens is 196 g/mol. The van der Waals surface area contributed by atoms with Crippen LogP contribution in [0.3, 0.4) is 0 Å². The van der Waals surface area contributed by atoms with Gasteiger partial charge < -0.3 is 10.5 Å². The molecule has 0 aliphatic carbocycles. The van der Waals surface area contributed by atoms with E-state index in [1.807, 2.05) is 0 Å². The van der Waals surface area contributed by atoms with Gasteiger partial charge in [0.25, 0.3) is 0 Å². The maximum Gasteiger partial charge on any atom is 0.312 e. The predicted octanol–water partition coefficient (Wildman–Crippen LogP) is 1.88. The lowest BCUT2D eigenvalue weighted by Gasteiger charge is -2.02. The van der Waals surface area contributed by atoms with Gasteiger partial charge in [0.15, 0.2) is 0 Å². The molecule has 1 rings (SSSR count). The highest BCUT2D eigenvalue weighted by molar-refractivity contribution is 5.72. The van der Waals surface area contributed by atoms with Gasteiger partial charge in [-0.15, -0.1) is 0 Å². The zero-order chi connectivity index (χ0) is 11.1. The minimum atomic E-state index is -0.381. The summed E-state index contributed by atoms with van der Waals surface area (Å²) < 4.78 is 4.93. The molecule has 1 aromatic carbocycles. The number of esters is 1. The minimum Gasteiger partial charge on any atom is -0.426 e. The molecule has 0 spiro atoms. The van der Waals surface area contributed by atoms with Gasteiger partial charge in [-0.25, -0.2) is 0 Å². The Labute approximate surface area is 86.3 Å². The van der Waals surface area contributed by atoms with Crippen LogP contribution < -0.4 is 10.5 Å². The van der Waals surface area contributed by atoms with Crippen molar-refractivity contribution in [1.29, 1.82) is 0 Å². The Morgan fingerprint density at radius 2 is 2.13 bits per heavy atom. The molecule has 0 bridgehead atoms. The van der Waals surface area contributed by atoms with Crippen LogP contribution in [0.2, 0.25) is 0 Å². The van der Waals surface area contributed by atoms with Crippen molar-refractivity contribution in [3.8, 4) is 5.75 Å². The number of carbonyl (C=O) groups is 1. The molecule has 0 aromatic heterocycles. The molecule has 0 aliphatic heterocycles. The monoisotopic (exact) mass is 206 g/mol. The summed E-state index contributed by atoms with van der Waals surface area (Å²) in [5, 5.41) is 3.38. The van der Waals surface area contributed by atoms with Gasteiger partial charge in [-0.3, -0.25) is 4.79 Å². The van der Waals surface area contributed by atoms with E-state index in [0.29, 0.717) is 11.4 Å². The molecule has 0 fully saturated rings. The van der Waals surface area contributed by atoms with Crippen LogP contribution in [0.15, 0.2) is 29.4 Å². The number of benzene rings is 1. The van der Waals surface area contributed by atoms with E-state index in [1.165, 1.54) is 0 Å². The molecule has 0 atom stereocenters. The third-order valence-electron chi connectivity index (χ3n) is 1.58. The maximum absolute atomic E-state index is 11.0. The Morgan fingerprint density at radius 3 is 2.67 bits per heavy atom. The van der Waals surface area contributed by atoms with Crippen LogP contribution in [0.5, 0.6) is 5.75 Å². The van der Waals surface area contributed by atoms with Gasteiger partial charge in [0, 0.05) is 17.1 Å². The summed E-state index contributed by atoms with van der Waals surface area (Å²) in [6.45, 7) is 0.260. The fraction of sp³-hybridized carbons (Fsp3) is 0.222. The Balaban J connectivity index is 2.64. The molecule has 0 amide bonds. The molecule has 78 valence electrons. The van der Waals surface area contributed by atoms with Crippen molar-refractivity contribution in [3.05, 3.63) is 34.7 Å². The Morgan fingerprint density at radius 1 is 1.47 bits per heavy atom. The number of nitrogens with two attached hydrogens (primary N) is 1. The van der Waals surface area contributed by atoms with Crippen molar-refractivity contribution in [2.45, 2.75) is 6.42 Å². The van der Waals surface area contributed by atoms with Gasteiger partial charge in [0.1, 0.15) is 5.75 Å². The standard InChI is InChI=1S/C9H10N4O2/c10-6-5-9(14)15-8-3-1-7(2-4-8)12-13-11/h1-4H,5-6,10H2. The van der Waals surface area contributed by atoms with Crippen LogP contribution >= 0.6 is 0 Å². The van der Waals surface area contributed by atoms with E-state index in [2.05, 4.69) is 10.0 Å². The highest BCUT2D eigenvalue weighted by Crippen LogP contribution is 2.18. The maximum atomic E-state index is 11.0. The summed E-state index contributed by atoms with van der Waals surface area (Å²) in [5.41, 5.74) is 13.8. The number of nitrogens with zero attached hydrogens (tertiary/aromatic N) is 3. The van der Waals surface area contributed by atoms with Gasteiger partial charge in [0.05, 0.1) is 6.42 Å². The van der Waals surface area contributed by atoms with Gasteiger partial charge in [-0.05, 0) is 29.8 Å². The molecule has 0 saturated heterocycles. The third kappa shape index (κ3) is 3.68. The molecular formula is C9H10N4O2. The Hall–Kier alpha value is -2.04. The molecule has 0 radical (unpaired) electrons. The fourth-order valence-electron chi connectivity index (χ4n) is 0.933. The molecule has 6 nitrogen and oxygen atoms in total. The molecule has 2 N–H and O–H groups in total. The number of ether oxygens (including phenoxy) is 1. The number of hydrogen-bond donors (Lipinski definition) is 1. The topological polar surface area (TPSA) is 101 Å². The first-order valence-corrected chi connectivity index (χ1v) is 4.32. The molecule has 0 heterocycles. The number of rotatable bonds is 4. The molecule has 1 aromatic rings. The smallest absolute Gasteiger partial charge is 0.312 e. The zero-order valence-corrected chi connectivity index (χ0v) is 7.96. The number of hydrogen-bond acceptors (Lipinski definition) is 4. The van der Waals surface area contributed by atoms with Crippen LogP contribution in [0.25, 0.3) is 10.4 Å². The summed E-state index contributed by atoms with van der Waals surface area (Å²) in [7, 11) is 0. The first kappa shape index (κ1) is 11.0. The van der Waals surface area contributed by atoms with E-state index in [4.69, 9.17) is 16.0 Å². The van der Waals surface area contributed by atoms with E-state index < -0.39 is 0 Å². The first-order valence-electron chi connectivity index (χ1n) is 4.32. The second kappa shape index (κ2) is 5.64. The first-order chi connectivity index (χ1) is 7.26.